The summed E-state index contributed by atoms with van der Waals surface area (Å²) in [7, 11) is 0. The minimum Gasteiger partial charge on any atom is -0.480 e. The van der Waals surface area contributed by atoms with E-state index in [0.29, 0.717) is 25.3 Å². The standard InChI is InChI=1S/C13H18N2O4S2/c1-9-14-10(8-21-9)7-20-5-2-12(16)15-3-4-19-6-11(15)13(17)18/h8,11H,2-7H2,1H3,(H,17,18). The fraction of sp³-hybridized carbons (Fsp3) is 0.615. The molecule has 1 aliphatic heterocycles. The lowest BCUT2D eigenvalue weighted by Gasteiger charge is -2.32. The van der Waals surface area contributed by atoms with Gasteiger partial charge in [0, 0.05) is 29.9 Å². The molecule has 6 nitrogen and oxygen atoms in total. The van der Waals surface area contributed by atoms with Crippen LogP contribution in [0.3, 0.4) is 0 Å². The molecule has 0 bridgehead atoms. The topological polar surface area (TPSA) is 79.7 Å². The average Bonchev–Trinajstić information content (AvgIpc) is 2.89. The number of ether oxygens (including phenoxy) is 1. The molecule has 1 fully saturated rings. The van der Waals surface area contributed by atoms with E-state index in [4.69, 9.17) is 9.84 Å². The van der Waals surface area contributed by atoms with Crippen LogP contribution in [0.5, 0.6) is 0 Å². The van der Waals surface area contributed by atoms with Gasteiger partial charge in [-0.15, -0.1) is 11.3 Å². The summed E-state index contributed by atoms with van der Waals surface area (Å²) in [6, 6.07) is -0.850. The Labute approximate surface area is 131 Å². The van der Waals surface area contributed by atoms with Crippen LogP contribution >= 0.6 is 23.1 Å². The number of aromatic nitrogens is 1. The first-order chi connectivity index (χ1) is 10.1. The number of nitrogens with zero attached hydrogens (tertiary/aromatic N) is 2. The molecule has 1 aliphatic rings. The first kappa shape index (κ1) is 16.3. The van der Waals surface area contributed by atoms with E-state index in [2.05, 4.69) is 4.98 Å². The minimum absolute atomic E-state index is 0.0757. The SMILES string of the molecule is Cc1nc(CSCCC(=O)N2CCOCC2C(=O)O)cs1. The molecule has 0 radical (unpaired) electrons. The first-order valence-corrected chi connectivity index (χ1v) is 8.70. The van der Waals surface area contributed by atoms with Gasteiger partial charge in [-0.25, -0.2) is 9.78 Å². The van der Waals surface area contributed by atoms with Crippen LogP contribution in [0.25, 0.3) is 0 Å². The number of hydrogen-bond donors (Lipinski definition) is 1. The maximum Gasteiger partial charge on any atom is 0.328 e. The van der Waals surface area contributed by atoms with E-state index in [9.17, 15) is 9.59 Å². The second-order valence-electron chi connectivity index (χ2n) is 4.68. The number of thioether (sulfide) groups is 1. The van der Waals surface area contributed by atoms with Crippen LogP contribution in [-0.2, 0) is 20.1 Å². The minimum atomic E-state index is -1.01. The normalized spacial score (nSPS) is 18.7. The zero-order chi connectivity index (χ0) is 15.2. The highest BCUT2D eigenvalue weighted by Crippen LogP contribution is 2.17. The van der Waals surface area contributed by atoms with Crippen LogP contribution < -0.4 is 0 Å². The van der Waals surface area contributed by atoms with Gasteiger partial charge in [-0.3, -0.25) is 4.79 Å². The molecular weight excluding hydrogens is 312 g/mol. The van der Waals surface area contributed by atoms with E-state index < -0.39 is 12.0 Å². The van der Waals surface area contributed by atoms with Crippen LogP contribution in [0.1, 0.15) is 17.1 Å². The number of carbonyl (C=O) groups excluding carboxylic acids is 1. The summed E-state index contributed by atoms with van der Waals surface area (Å²) in [5, 5.41) is 12.2. The number of amides is 1. The number of carboxylic acid groups (broad SMARTS) is 1. The molecule has 1 amide bonds. The zero-order valence-corrected chi connectivity index (χ0v) is 13.4. The maximum atomic E-state index is 12.1. The second-order valence-corrected chi connectivity index (χ2v) is 6.84. The molecule has 2 heterocycles. The van der Waals surface area contributed by atoms with E-state index in [1.54, 1.807) is 23.1 Å². The first-order valence-electron chi connectivity index (χ1n) is 6.66. The number of thiazole rings is 1. The number of carbonyl (C=O) groups is 2. The van der Waals surface area contributed by atoms with Gasteiger partial charge in [0.25, 0.3) is 0 Å². The Morgan fingerprint density at radius 2 is 2.43 bits per heavy atom. The van der Waals surface area contributed by atoms with Gasteiger partial charge in [0.1, 0.15) is 0 Å². The van der Waals surface area contributed by atoms with Crippen LogP contribution in [0, 0.1) is 6.92 Å². The van der Waals surface area contributed by atoms with E-state index in [1.165, 1.54) is 4.90 Å². The van der Waals surface area contributed by atoms with Crippen molar-refractivity contribution in [3.05, 3.63) is 16.1 Å². The molecule has 0 saturated carbocycles. The second kappa shape index (κ2) is 7.77. The molecule has 1 aromatic heterocycles. The third-order valence-electron chi connectivity index (χ3n) is 3.11. The van der Waals surface area contributed by atoms with Gasteiger partial charge in [0.05, 0.1) is 23.9 Å². The zero-order valence-electron chi connectivity index (χ0n) is 11.8. The summed E-state index contributed by atoms with van der Waals surface area (Å²) in [4.78, 5) is 29.0. The molecule has 8 heteroatoms. The Morgan fingerprint density at radius 1 is 1.62 bits per heavy atom. The number of hydrogen-bond acceptors (Lipinski definition) is 6. The number of morpholine rings is 1. The molecule has 1 unspecified atom stereocenters. The number of aryl methyl sites for hydroxylation is 1. The molecule has 2 rings (SSSR count). The Bertz CT molecular complexity index is 506. The van der Waals surface area contributed by atoms with Crippen molar-refractivity contribution in [2.45, 2.75) is 25.1 Å². The van der Waals surface area contributed by atoms with Gasteiger partial charge < -0.3 is 14.7 Å². The molecule has 1 saturated heterocycles. The molecule has 116 valence electrons. The molecule has 21 heavy (non-hydrogen) atoms. The maximum absolute atomic E-state index is 12.1. The predicted molar refractivity (Wildman–Crippen MR) is 81.6 cm³/mol. The van der Waals surface area contributed by atoms with Crippen molar-refractivity contribution >= 4 is 35.0 Å². The monoisotopic (exact) mass is 330 g/mol. The summed E-state index contributed by atoms with van der Waals surface area (Å²) in [5.41, 5.74) is 1.03. The quantitative estimate of drug-likeness (QED) is 0.794. The van der Waals surface area contributed by atoms with Crippen molar-refractivity contribution < 1.29 is 19.4 Å². The van der Waals surface area contributed by atoms with Crippen molar-refractivity contribution in [1.29, 1.82) is 0 Å². The summed E-state index contributed by atoms with van der Waals surface area (Å²) in [6.45, 7) is 2.80. The predicted octanol–water partition coefficient (Wildman–Crippen LogP) is 1.39. The van der Waals surface area contributed by atoms with Crippen molar-refractivity contribution in [3.8, 4) is 0 Å². The lowest BCUT2D eigenvalue weighted by molar-refractivity contribution is -0.158. The van der Waals surface area contributed by atoms with Gasteiger partial charge in [0.2, 0.25) is 5.91 Å². The summed E-state index contributed by atoms with van der Waals surface area (Å²) in [5.74, 6) is 0.323. The highest BCUT2D eigenvalue weighted by Gasteiger charge is 2.32. The van der Waals surface area contributed by atoms with Crippen LogP contribution in [-0.4, -0.2) is 58.4 Å². The van der Waals surface area contributed by atoms with Gasteiger partial charge in [-0.05, 0) is 6.92 Å². The lowest BCUT2D eigenvalue weighted by atomic mass is 10.2. The van der Waals surface area contributed by atoms with Crippen molar-refractivity contribution in [1.82, 2.24) is 9.88 Å². The van der Waals surface area contributed by atoms with Gasteiger partial charge in [-0.2, -0.15) is 11.8 Å². The molecular formula is C13H18N2O4S2. The highest BCUT2D eigenvalue weighted by molar-refractivity contribution is 7.98. The van der Waals surface area contributed by atoms with Crippen LogP contribution in [0.4, 0.5) is 0 Å². The Kier molecular flexibility index (Phi) is 6.01. The van der Waals surface area contributed by atoms with E-state index in [0.717, 1.165) is 16.5 Å². The number of aliphatic carboxylic acids is 1. The molecule has 0 aromatic carbocycles. The summed E-state index contributed by atoms with van der Waals surface area (Å²) < 4.78 is 5.12. The third-order valence-corrected chi connectivity index (χ3v) is 4.93. The van der Waals surface area contributed by atoms with Crippen LogP contribution in [0.15, 0.2) is 5.38 Å². The van der Waals surface area contributed by atoms with Gasteiger partial charge in [-0.1, -0.05) is 0 Å². The number of rotatable bonds is 6. The Hall–Kier alpha value is -1.12. The van der Waals surface area contributed by atoms with Crippen molar-refractivity contribution in [2.75, 3.05) is 25.5 Å². The smallest absolute Gasteiger partial charge is 0.328 e. The van der Waals surface area contributed by atoms with Crippen molar-refractivity contribution in [3.63, 3.8) is 0 Å². The van der Waals surface area contributed by atoms with Gasteiger partial charge >= 0.3 is 5.97 Å². The molecule has 0 aliphatic carbocycles. The highest BCUT2D eigenvalue weighted by atomic mass is 32.2. The molecule has 1 atom stereocenters. The van der Waals surface area contributed by atoms with E-state index >= 15 is 0 Å². The van der Waals surface area contributed by atoms with Crippen molar-refractivity contribution in [2.24, 2.45) is 0 Å². The average molecular weight is 330 g/mol. The Morgan fingerprint density at radius 3 is 3.10 bits per heavy atom. The van der Waals surface area contributed by atoms with E-state index in [1.807, 2.05) is 12.3 Å². The molecule has 0 spiro atoms. The fourth-order valence-electron chi connectivity index (χ4n) is 2.06. The summed E-state index contributed by atoms with van der Waals surface area (Å²) >= 11 is 3.26. The van der Waals surface area contributed by atoms with Gasteiger partial charge in [0.15, 0.2) is 6.04 Å². The third kappa shape index (κ3) is 4.69. The Balaban J connectivity index is 1.74. The van der Waals surface area contributed by atoms with Crippen LogP contribution in [0.2, 0.25) is 0 Å². The number of carboxylic acids is 1. The summed E-state index contributed by atoms with van der Waals surface area (Å²) in [6.07, 6.45) is 0.345. The molecule has 1 aromatic rings. The molecule has 1 N–H and O–H groups in total. The lowest BCUT2D eigenvalue weighted by Crippen LogP contribution is -2.52. The fourth-order valence-corrected chi connectivity index (χ4v) is 3.60. The van der Waals surface area contributed by atoms with E-state index in [-0.39, 0.29) is 12.5 Å². The largest absolute Gasteiger partial charge is 0.480 e.